The molecule has 1 amide bonds. The Labute approximate surface area is 117 Å². The molecule has 0 heterocycles. The Morgan fingerprint density at radius 3 is 2.53 bits per heavy atom. The number of rotatable bonds is 4. The second kappa shape index (κ2) is 6.41. The number of hydrogen-bond donors (Lipinski definition) is 2. The van der Waals surface area contributed by atoms with Crippen LogP contribution in [0.3, 0.4) is 0 Å². The molecule has 0 aromatic heterocycles. The molecule has 3 N–H and O–H groups in total. The van der Waals surface area contributed by atoms with Crippen molar-refractivity contribution in [3.05, 3.63) is 54.1 Å². The van der Waals surface area contributed by atoms with Crippen LogP contribution in [0, 0.1) is 6.92 Å². The summed E-state index contributed by atoms with van der Waals surface area (Å²) in [5.41, 5.74) is 7.29. The lowest BCUT2D eigenvalue weighted by atomic mass is 10.2. The van der Waals surface area contributed by atoms with Gasteiger partial charge in [-0.05, 0) is 37.3 Å². The highest BCUT2D eigenvalue weighted by Crippen LogP contribution is 2.29. The lowest BCUT2D eigenvalue weighted by Gasteiger charge is -2.07. The molecule has 0 aliphatic rings. The van der Waals surface area contributed by atoms with Crippen LogP contribution in [0.4, 0.5) is 5.69 Å². The quantitative estimate of drug-likeness (QED) is 0.899. The molecule has 4 heteroatoms. The second-order valence-electron chi connectivity index (χ2n) is 4.20. The van der Waals surface area contributed by atoms with Crippen LogP contribution in [-0.4, -0.2) is 12.5 Å². The molecule has 98 valence electrons. The van der Waals surface area contributed by atoms with Gasteiger partial charge in [-0.3, -0.25) is 4.79 Å². The molecular formula is C15H16N2OS. The minimum absolute atomic E-state index is 0.00471. The summed E-state index contributed by atoms with van der Waals surface area (Å²) in [6.45, 7) is 2.07. The first-order valence-electron chi connectivity index (χ1n) is 6.02. The van der Waals surface area contributed by atoms with Crippen molar-refractivity contribution in [1.82, 2.24) is 0 Å². The zero-order valence-electron chi connectivity index (χ0n) is 10.7. The number of nitrogens with one attached hydrogen (secondary N) is 1. The first-order valence-corrected chi connectivity index (χ1v) is 6.83. The van der Waals surface area contributed by atoms with E-state index < -0.39 is 0 Å². The van der Waals surface area contributed by atoms with Gasteiger partial charge < -0.3 is 11.1 Å². The maximum Gasteiger partial charge on any atom is 0.238 e. The summed E-state index contributed by atoms with van der Waals surface area (Å²) in [4.78, 5) is 13.5. The average molecular weight is 272 g/mol. The molecule has 0 atom stereocenters. The van der Waals surface area contributed by atoms with E-state index in [2.05, 4.69) is 30.4 Å². The fourth-order valence-electron chi connectivity index (χ4n) is 1.66. The third-order valence-corrected chi connectivity index (χ3v) is 3.51. The van der Waals surface area contributed by atoms with Gasteiger partial charge in [0.15, 0.2) is 0 Å². The fourth-order valence-corrected chi connectivity index (χ4v) is 2.66. The molecule has 2 aromatic rings. The normalized spacial score (nSPS) is 10.2. The van der Waals surface area contributed by atoms with E-state index in [4.69, 9.17) is 5.73 Å². The molecule has 0 aliphatic heterocycles. The van der Waals surface area contributed by atoms with Crippen LogP contribution < -0.4 is 11.1 Å². The van der Waals surface area contributed by atoms with Gasteiger partial charge in [0.1, 0.15) is 0 Å². The largest absolute Gasteiger partial charge is 0.325 e. The molecule has 0 saturated heterocycles. The van der Waals surface area contributed by atoms with Crippen LogP contribution in [0.15, 0.2) is 58.3 Å². The summed E-state index contributed by atoms with van der Waals surface area (Å²) in [7, 11) is 0. The Bertz CT molecular complexity index is 584. The van der Waals surface area contributed by atoms with Crippen molar-refractivity contribution >= 4 is 23.4 Å². The minimum Gasteiger partial charge on any atom is -0.325 e. The molecular weight excluding hydrogens is 256 g/mol. The summed E-state index contributed by atoms with van der Waals surface area (Å²) in [5, 5.41) is 2.75. The van der Waals surface area contributed by atoms with Crippen molar-refractivity contribution in [2.45, 2.75) is 16.7 Å². The van der Waals surface area contributed by atoms with Crippen LogP contribution in [0.1, 0.15) is 5.56 Å². The highest BCUT2D eigenvalue weighted by Gasteiger charge is 2.02. The van der Waals surface area contributed by atoms with E-state index in [9.17, 15) is 4.79 Å². The summed E-state index contributed by atoms with van der Waals surface area (Å²) in [6.07, 6.45) is 0. The van der Waals surface area contributed by atoms with Gasteiger partial charge >= 0.3 is 0 Å². The summed E-state index contributed by atoms with van der Waals surface area (Å²) in [5.74, 6) is -0.183. The molecule has 3 nitrogen and oxygen atoms in total. The molecule has 0 spiro atoms. The van der Waals surface area contributed by atoms with Crippen molar-refractivity contribution in [3.63, 3.8) is 0 Å². The van der Waals surface area contributed by atoms with Crippen LogP contribution in [0.5, 0.6) is 0 Å². The van der Waals surface area contributed by atoms with Gasteiger partial charge in [0.05, 0.1) is 6.54 Å². The fraction of sp³-hybridized carbons (Fsp3) is 0.133. The maximum atomic E-state index is 11.3. The molecule has 0 unspecified atom stereocenters. The number of anilines is 1. The standard InChI is InChI=1S/C15H16N2OS/c1-11-4-2-6-13(8-11)19-14-7-3-5-12(9-14)17-15(18)10-16/h2-9H,10,16H2,1H3,(H,17,18). The van der Waals surface area contributed by atoms with E-state index >= 15 is 0 Å². The Balaban J connectivity index is 2.13. The van der Waals surface area contributed by atoms with Crippen molar-refractivity contribution < 1.29 is 4.79 Å². The maximum absolute atomic E-state index is 11.3. The number of aryl methyl sites for hydroxylation is 1. The molecule has 2 rings (SSSR count). The molecule has 0 saturated carbocycles. The predicted octanol–water partition coefficient (Wildman–Crippen LogP) is 3.04. The van der Waals surface area contributed by atoms with E-state index in [1.165, 1.54) is 10.5 Å². The Hall–Kier alpha value is -1.78. The molecule has 0 aliphatic carbocycles. The SMILES string of the molecule is Cc1cccc(Sc2cccc(NC(=O)CN)c2)c1. The van der Waals surface area contributed by atoms with Crippen molar-refractivity contribution in [2.24, 2.45) is 5.73 Å². The van der Waals surface area contributed by atoms with E-state index in [-0.39, 0.29) is 12.5 Å². The minimum atomic E-state index is -0.183. The number of benzene rings is 2. The van der Waals surface area contributed by atoms with Crippen LogP contribution >= 0.6 is 11.8 Å². The third-order valence-electron chi connectivity index (χ3n) is 2.53. The Kier molecular flexibility index (Phi) is 4.60. The van der Waals surface area contributed by atoms with Crippen molar-refractivity contribution in [1.29, 1.82) is 0 Å². The van der Waals surface area contributed by atoms with Gasteiger partial charge in [0.25, 0.3) is 0 Å². The monoisotopic (exact) mass is 272 g/mol. The third kappa shape index (κ3) is 4.12. The zero-order chi connectivity index (χ0) is 13.7. The van der Waals surface area contributed by atoms with Crippen molar-refractivity contribution in [3.8, 4) is 0 Å². The van der Waals surface area contributed by atoms with Gasteiger partial charge in [-0.2, -0.15) is 0 Å². The van der Waals surface area contributed by atoms with E-state index in [0.29, 0.717) is 0 Å². The Morgan fingerprint density at radius 2 is 1.84 bits per heavy atom. The number of hydrogen-bond acceptors (Lipinski definition) is 3. The molecule has 19 heavy (non-hydrogen) atoms. The van der Waals surface area contributed by atoms with Gasteiger partial charge in [-0.1, -0.05) is 35.5 Å². The summed E-state index contributed by atoms with van der Waals surface area (Å²) >= 11 is 1.67. The molecule has 0 radical (unpaired) electrons. The highest BCUT2D eigenvalue weighted by molar-refractivity contribution is 7.99. The highest BCUT2D eigenvalue weighted by atomic mass is 32.2. The van der Waals surface area contributed by atoms with E-state index in [1.807, 2.05) is 30.3 Å². The number of carbonyl (C=O) groups is 1. The molecule has 2 aromatic carbocycles. The lowest BCUT2D eigenvalue weighted by Crippen LogP contribution is -2.21. The van der Waals surface area contributed by atoms with Crippen LogP contribution in [0.25, 0.3) is 0 Å². The van der Waals surface area contributed by atoms with Gasteiger partial charge in [0.2, 0.25) is 5.91 Å². The topological polar surface area (TPSA) is 55.1 Å². The lowest BCUT2D eigenvalue weighted by molar-refractivity contribution is -0.114. The Morgan fingerprint density at radius 1 is 1.16 bits per heavy atom. The zero-order valence-corrected chi connectivity index (χ0v) is 11.5. The van der Waals surface area contributed by atoms with Gasteiger partial charge in [-0.25, -0.2) is 0 Å². The first-order chi connectivity index (χ1) is 9.17. The first kappa shape index (κ1) is 13.6. The average Bonchev–Trinajstić information content (AvgIpc) is 2.39. The smallest absolute Gasteiger partial charge is 0.238 e. The van der Waals surface area contributed by atoms with Crippen molar-refractivity contribution in [2.75, 3.05) is 11.9 Å². The summed E-state index contributed by atoms with van der Waals surface area (Å²) in [6, 6.07) is 16.1. The van der Waals surface area contributed by atoms with Gasteiger partial charge in [-0.15, -0.1) is 0 Å². The second-order valence-corrected chi connectivity index (χ2v) is 5.35. The number of amides is 1. The van der Waals surface area contributed by atoms with Crippen LogP contribution in [0.2, 0.25) is 0 Å². The van der Waals surface area contributed by atoms with Gasteiger partial charge in [0, 0.05) is 15.5 Å². The van der Waals surface area contributed by atoms with E-state index in [1.54, 1.807) is 11.8 Å². The summed E-state index contributed by atoms with van der Waals surface area (Å²) < 4.78 is 0. The number of nitrogens with two attached hydrogens (primary N) is 1. The molecule has 0 fully saturated rings. The number of carbonyl (C=O) groups excluding carboxylic acids is 1. The molecule has 0 bridgehead atoms. The van der Waals surface area contributed by atoms with Crippen LogP contribution in [-0.2, 0) is 4.79 Å². The van der Waals surface area contributed by atoms with E-state index in [0.717, 1.165) is 10.6 Å². The predicted molar refractivity (Wildman–Crippen MR) is 79.4 cm³/mol.